The van der Waals surface area contributed by atoms with E-state index in [0.29, 0.717) is 5.56 Å². The van der Waals surface area contributed by atoms with Gasteiger partial charge in [-0.1, -0.05) is 18.2 Å². The standard InChI is InChI=1S/C20H23FN2O4/c1-13(2)27-16-7-4-14(5-8-16)15-6-9-18(17(21)12-15)22-20(26)23(3)11-10-19(24)25/h4-9,12-13H,10-11H2,1-3H3,(H,22,26)(H,24,25). The maximum absolute atomic E-state index is 14.4. The van der Waals surface area contributed by atoms with E-state index in [9.17, 15) is 14.0 Å². The summed E-state index contributed by atoms with van der Waals surface area (Å²) in [5.74, 6) is -0.840. The third-order valence-corrected chi connectivity index (χ3v) is 3.78. The number of carboxylic acids is 1. The molecule has 2 amide bonds. The lowest BCUT2D eigenvalue weighted by Crippen LogP contribution is -2.33. The first-order valence-electron chi connectivity index (χ1n) is 8.57. The second-order valence-corrected chi connectivity index (χ2v) is 6.38. The lowest BCUT2D eigenvalue weighted by Gasteiger charge is -2.17. The second kappa shape index (κ2) is 9.02. The summed E-state index contributed by atoms with van der Waals surface area (Å²) in [5.41, 5.74) is 1.52. The molecule has 2 rings (SSSR count). The van der Waals surface area contributed by atoms with Crippen molar-refractivity contribution in [2.45, 2.75) is 26.4 Å². The Morgan fingerprint density at radius 3 is 2.33 bits per heavy atom. The van der Waals surface area contributed by atoms with Crippen LogP contribution in [-0.2, 0) is 4.79 Å². The molecule has 2 N–H and O–H groups in total. The van der Waals surface area contributed by atoms with Crippen LogP contribution in [0.5, 0.6) is 5.75 Å². The molecule has 0 saturated carbocycles. The summed E-state index contributed by atoms with van der Waals surface area (Å²) in [7, 11) is 1.45. The van der Waals surface area contributed by atoms with Gasteiger partial charge in [0.05, 0.1) is 18.2 Å². The van der Waals surface area contributed by atoms with E-state index in [-0.39, 0.29) is 24.8 Å². The molecule has 0 saturated heterocycles. The fourth-order valence-corrected chi connectivity index (χ4v) is 2.37. The lowest BCUT2D eigenvalue weighted by molar-refractivity contribution is -0.137. The molecular formula is C20H23FN2O4. The number of aliphatic carboxylic acids is 1. The number of anilines is 1. The zero-order valence-electron chi connectivity index (χ0n) is 15.5. The number of rotatable bonds is 7. The van der Waals surface area contributed by atoms with Crippen LogP contribution in [-0.4, -0.2) is 41.7 Å². The van der Waals surface area contributed by atoms with Gasteiger partial charge >= 0.3 is 12.0 Å². The number of nitrogens with one attached hydrogen (secondary N) is 1. The van der Waals surface area contributed by atoms with Crippen molar-refractivity contribution in [3.8, 4) is 16.9 Å². The molecule has 0 fully saturated rings. The third kappa shape index (κ3) is 5.99. The average Bonchev–Trinajstić information content (AvgIpc) is 2.61. The lowest BCUT2D eigenvalue weighted by atomic mass is 10.0. The zero-order valence-corrected chi connectivity index (χ0v) is 15.5. The molecule has 144 valence electrons. The number of nitrogens with zero attached hydrogens (tertiary/aromatic N) is 1. The van der Waals surface area contributed by atoms with Crippen molar-refractivity contribution in [1.29, 1.82) is 0 Å². The Labute approximate surface area is 157 Å². The van der Waals surface area contributed by atoms with Gasteiger partial charge in [0.1, 0.15) is 11.6 Å². The predicted octanol–water partition coefficient (Wildman–Crippen LogP) is 4.22. The SMILES string of the molecule is CC(C)Oc1ccc(-c2ccc(NC(=O)N(C)CCC(=O)O)c(F)c2)cc1. The van der Waals surface area contributed by atoms with Crippen LogP contribution in [0.1, 0.15) is 20.3 Å². The van der Waals surface area contributed by atoms with Crippen molar-refractivity contribution in [2.24, 2.45) is 0 Å². The number of urea groups is 1. The number of carboxylic acid groups (broad SMARTS) is 1. The van der Waals surface area contributed by atoms with Crippen molar-refractivity contribution in [3.05, 3.63) is 48.3 Å². The Balaban J connectivity index is 2.06. The van der Waals surface area contributed by atoms with Crippen molar-refractivity contribution < 1.29 is 23.8 Å². The molecule has 0 spiro atoms. The molecule has 0 atom stereocenters. The minimum atomic E-state index is -1.00. The van der Waals surface area contributed by atoms with Gasteiger partial charge in [0.25, 0.3) is 0 Å². The molecule has 7 heteroatoms. The van der Waals surface area contributed by atoms with Gasteiger partial charge in [-0.25, -0.2) is 9.18 Å². The summed E-state index contributed by atoms with van der Waals surface area (Å²) in [4.78, 5) is 23.7. The van der Waals surface area contributed by atoms with E-state index >= 15 is 0 Å². The third-order valence-electron chi connectivity index (χ3n) is 3.78. The van der Waals surface area contributed by atoms with Crippen LogP contribution in [0.25, 0.3) is 11.1 Å². The van der Waals surface area contributed by atoms with E-state index in [1.807, 2.05) is 38.1 Å². The fraction of sp³-hybridized carbons (Fsp3) is 0.300. The number of hydrogen-bond acceptors (Lipinski definition) is 3. The number of carbonyl (C=O) groups excluding carboxylic acids is 1. The average molecular weight is 374 g/mol. The van der Waals surface area contributed by atoms with Crippen molar-refractivity contribution in [1.82, 2.24) is 4.90 Å². The maximum Gasteiger partial charge on any atom is 0.321 e. The first-order valence-corrected chi connectivity index (χ1v) is 8.57. The number of halogens is 1. The highest BCUT2D eigenvalue weighted by Gasteiger charge is 2.13. The summed E-state index contributed by atoms with van der Waals surface area (Å²) in [6.07, 6.45) is -0.105. The summed E-state index contributed by atoms with van der Waals surface area (Å²) in [5, 5.41) is 11.1. The van der Waals surface area contributed by atoms with E-state index in [2.05, 4.69) is 5.32 Å². The van der Waals surface area contributed by atoms with Gasteiger partial charge < -0.3 is 20.1 Å². The topological polar surface area (TPSA) is 78.9 Å². The Morgan fingerprint density at radius 1 is 1.15 bits per heavy atom. The Bertz CT molecular complexity index is 806. The minimum Gasteiger partial charge on any atom is -0.491 e. The smallest absolute Gasteiger partial charge is 0.321 e. The number of amides is 2. The number of benzene rings is 2. The minimum absolute atomic E-state index is 0.0330. The van der Waals surface area contributed by atoms with E-state index in [4.69, 9.17) is 9.84 Å². The van der Waals surface area contributed by atoms with Crippen molar-refractivity contribution >= 4 is 17.7 Å². The highest BCUT2D eigenvalue weighted by atomic mass is 19.1. The molecule has 27 heavy (non-hydrogen) atoms. The van der Waals surface area contributed by atoms with Gasteiger partial charge in [-0.3, -0.25) is 4.79 Å². The van der Waals surface area contributed by atoms with Gasteiger partial charge in [-0.05, 0) is 49.2 Å². The molecule has 2 aromatic rings. The highest BCUT2D eigenvalue weighted by molar-refractivity contribution is 5.90. The molecule has 0 unspecified atom stereocenters. The number of ether oxygens (including phenoxy) is 1. The summed E-state index contributed by atoms with van der Waals surface area (Å²) in [6, 6.07) is 11.3. The zero-order chi connectivity index (χ0) is 20.0. The van der Waals surface area contributed by atoms with Crippen molar-refractivity contribution in [2.75, 3.05) is 18.9 Å². The number of hydrogen-bond donors (Lipinski definition) is 2. The first-order chi connectivity index (χ1) is 12.8. The van der Waals surface area contributed by atoms with E-state index in [0.717, 1.165) is 11.3 Å². The van der Waals surface area contributed by atoms with E-state index in [1.165, 1.54) is 24.1 Å². The predicted molar refractivity (Wildman–Crippen MR) is 102 cm³/mol. The van der Waals surface area contributed by atoms with Crippen LogP contribution in [0.4, 0.5) is 14.9 Å². The highest BCUT2D eigenvalue weighted by Crippen LogP contribution is 2.26. The van der Waals surface area contributed by atoms with Crippen LogP contribution in [0.3, 0.4) is 0 Å². The van der Waals surface area contributed by atoms with E-state index in [1.54, 1.807) is 6.07 Å². The van der Waals surface area contributed by atoms with Gasteiger partial charge in [-0.15, -0.1) is 0 Å². The van der Waals surface area contributed by atoms with E-state index < -0.39 is 17.8 Å². The fourth-order valence-electron chi connectivity index (χ4n) is 2.37. The Hall–Kier alpha value is -3.09. The van der Waals surface area contributed by atoms with Crippen LogP contribution in [0, 0.1) is 5.82 Å². The molecule has 0 aliphatic rings. The van der Waals surface area contributed by atoms with Crippen molar-refractivity contribution in [3.63, 3.8) is 0 Å². The molecule has 2 aromatic carbocycles. The Kier molecular flexibility index (Phi) is 6.76. The monoisotopic (exact) mass is 374 g/mol. The molecule has 6 nitrogen and oxygen atoms in total. The van der Waals surface area contributed by atoms with Gasteiger partial charge in [0, 0.05) is 13.6 Å². The largest absolute Gasteiger partial charge is 0.491 e. The normalized spacial score (nSPS) is 10.6. The summed E-state index contributed by atoms with van der Waals surface area (Å²) in [6.45, 7) is 3.91. The summed E-state index contributed by atoms with van der Waals surface area (Å²) < 4.78 is 20.0. The molecule has 0 aliphatic carbocycles. The van der Waals surface area contributed by atoms with Gasteiger partial charge in [0.2, 0.25) is 0 Å². The van der Waals surface area contributed by atoms with Gasteiger partial charge in [0.15, 0.2) is 0 Å². The summed E-state index contributed by atoms with van der Waals surface area (Å²) >= 11 is 0. The molecule has 0 bridgehead atoms. The van der Waals surface area contributed by atoms with Crippen LogP contribution >= 0.6 is 0 Å². The van der Waals surface area contributed by atoms with Gasteiger partial charge in [-0.2, -0.15) is 0 Å². The molecule has 0 aliphatic heterocycles. The van der Waals surface area contributed by atoms with Crippen LogP contribution in [0.2, 0.25) is 0 Å². The second-order valence-electron chi connectivity index (χ2n) is 6.38. The van der Waals surface area contributed by atoms with Crippen LogP contribution in [0.15, 0.2) is 42.5 Å². The molecule has 0 aromatic heterocycles. The number of carbonyl (C=O) groups is 2. The molecular weight excluding hydrogens is 351 g/mol. The molecule has 0 heterocycles. The quantitative estimate of drug-likeness (QED) is 0.761. The molecule has 0 radical (unpaired) electrons. The maximum atomic E-state index is 14.4. The van der Waals surface area contributed by atoms with Crippen LogP contribution < -0.4 is 10.1 Å². The first kappa shape index (κ1) is 20.2. The Morgan fingerprint density at radius 2 is 1.78 bits per heavy atom.